The van der Waals surface area contributed by atoms with Gasteiger partial charge in [0.25, 0.3) is 0 Å². The summed E-state index contributed by atoms with van der Waals surface area (Å²) in [6.07, 6.45) is 0. The topological polar surface area (TPSA) is 15.3 Å². The second-order valence-corrected chi connectivity index (χ2v) is 5.71. The first kappa shape index (κ1) is 16.0. The Morgan fingerprint density at radius 3 is 2.42 bits per heavy atom. The van der Waals surface area contributed by atoms with Gasteiger partial charge >= 0.3 is 0 Å². The molecule has 0 unspecified atom stereocenters. The van der Waals surface area contributed by atoms with E-state index in [-0.39, 0.29) is 5.82 Å². The zero-order valence-corrected chi connectivity index (χ0v) is 12.8. The van der Waals surface area contributed by atoms with E-state index in [0.29, 0.717) is 18.5 Å². The van der Waals surface area contributed by atoms with Crippen molar-refractivity contribution in [3.05, 3.63) is 29.6 Å². The Morgan fingerprint density at radius 2 is 1.89 bits per heavy atom. The molecule has 0 spiro atoms. The summed E-state index contributed by atoms with van der Waals surface area (Å²) in [6.45, 7) is 13.1. The predicted octanol–water partition coefficient (Wildman–Crippen LogP) is 3.81. The highest BCUT2D eigenvalue weighted by atomic mass is 19.1. The van der Waals surface area contributed by atoms with Crippen LogP contribution in [-0.4, -0.2) is 19.1 Å². The Balaban J connectivity index is 3.00. The molecule has 1 N–H and O–H groups in total. The van der Waals surface area contributed by atoms with Crippen molar-refractivity contribution in [3.8, 4) is 0 Å². The third-order valence-corrected chi connectivity index (χ3v) is 3.09. The first-order chi connectivity index (χ1) is 8.95. The lowest BCUT2D eigenvalue weighted by molar-refractivity contribution is 0.548. The Morgan fingerprint density at radius 1 is 1.21 bits per heavy atom. The molecular formula is C16H27FN2. The zero-order chi connectivity index (χ0) is 14.4. The summed E-state index contributed by atoms with van der Waals surface area (Å²) < 4.78 is 14.1. The van der Waals surface area contributed by atoms with E-state index in [9.17, 15) is 4.39 Å². The number of halogens is 1. The van der Waals surface area contributed by atoms with Gasteiger partial charge in [-0.25, -0.2) is 4.39 Å². The highest BCUT2D eigenvalue weighted by Crippen LogP contribution is 2.24. The van der Waals surface area contributed by atoms with Gasteiger partial charge in [0.05, 0.1) is 0 Å². The van der Waals surface area contributed by atoms with Crippen LogP contribution in [0.1, 0.15) is 40.2 Å². The number of hydrogen-bond donors (Lipinski definition) is 1. The van der Waals surface area contributed by atoms with Crippen LogP contribution in [0.2, 0.25) is 0 Å². The van der Waals surface area contributed by atoms with Crippen LogP contribution in [0.4, 0.5) is 10.1 Å². The summed E-state index contributed by atoms with van der Waals surface area (Å²) in [5.74, 6) is 0.446. The molecule has 1 aromatic rings. The maximum atomic E-state index is 14.1. The van der Waals surface area contributed by atoms with Gasteiger partial charge in [-0.15, -0.1) is 0 Å². The van der Waals surface area contributed by atoms with Crippen LogP contribution in [0, 0.1) is 11.7 Å². The van der Waals surface area contributed by atoms with Gasteiger partial charge in [-0.2, -0.15) is 0 Å². The monoisotopic (exact) mass is 266 g/mol. The molecule has 108 valence electrons. The minimum Gasteiger partial charge on any atom is -0.371 e. The van der Waals surface area contributed by atoms with Crippen molar-refractivity contribution < 1.29 is 4.39 Å². The lowest BCUT2D eigenvalue weighted by atomic mass is 10.1. The smallest absolute Gasteiger partial charge is 0.129 e. The quantitative estimate of drug-likeness (QED) is 0.807. The maximum Gasteiger partial charge on any atom is 0.129 e. The van der Waals surface area contributed by atoms with Crippen LogP contribution in [0.3, 0.4) is 0 Å². The molecular weight excluding hydrogens is 239 g/mol. The van der Waals surface area contributed by atoms with Crippen molar-refractivity contribution in [3.63, 3.8) is 0 Å². The number of nitrogens with one attached hydrogen (secondary N) is 1. The molecule has 0 amide bonds. The maximum absolute atomic E-state index is 14.1. The lowest BCUT2D eigenvalue weighted by Gasteiger charge is -2.28. The molecule has 0 aliphatic rings. The summed E-state index contributed by atoms with van der Waals surface area (Å²) in [5.41, 5.74) is 1.79. The van der Waals surface area contributed by atoms with E-state index in [4.69, 9.17) is 0 Å². The van der Waals surface area contributed by atoms with Gasteiger partial charge in [-0.3, -0.25) is 0 Å². The average Bonchev–Trinajstić information content (AvgIpc) is 2.33. The van der Waals surface area contributed by atoms with E-state index in [1.807, 2.05) is 6.07 Å². The summed E-state index contributed by atoms with van der Waals surface area (Å²) in [5, 5.41) is 3.31. The fourth-order valence-electron chi connectivity index (χ4n) is 2.16. The van der Waals surface area contributed by atoms with Crippen LogP contribution in [0.5, 0.6) is 0 Å². The second kappa shape index (κ2) is 7.49. The SMILES string of the molecule is CCN(CC(C)C)c1cccc(F)c1CNC(C)C. The molecule has 0 aromatic heterocycles. The minimum absolute atomic E-state index is 0.118. The number of nitrogens with zero attached hydrogens (tertiary/aromatic N) is 1. The molecule has 0 aliphatic heterocycles. The summed E-state index contributed by atoms with van der Waals surface area (Å²) in [4.78, 5) is 2.26. The molecule has 0 saturated carbocycles. The number of benzene rings is 1. The molecule has 3 heteroatoms. The molecule has 0 aliphatic carbocycles. The molecule has 0 atom stereocenters. The Kier molecular flexibility index (Phi) is 6.29. The summed E-state index contributed by atoms with van der Waals surface area (Å²) >= 11 is 0. The summed E-state index contributed by atoms with van der Waals surface area (Å²) in [6, 6.07) is 5.72. The Labute approximate surface area is 117 Å². The van der Waals surface area contributed by atoms with E-state index in [1.54, 1.807) is 12.1 Å². The molecule has 0 saturated heterocycles. The fraction of sp³-hybridized carbons (Fsp3) is 0.625. The van der Waals surface area contributed by atoms with Crippen molar-refractivity contribution in [2.75, 3.05) is 18.0 Å². The van der Waals surface area contributed by atoms with Gasteiger partial charge in [-0.05, 0) is 25.0 Å². The van der Waals surface area contributed by atoms with E-state index >= 15 is 0 Å². The van der Waals surface area contributed by atoms with E-state index in [0.717, 1.165) is 24.3 Å². The second-order valence-electron chi connectivity index (χ2n) is 5.71. The van der Waals surface area contributed by atoms with Crippen molar-refractivity contribution in [1.82, 2.24) is 5.32 Å². The largest absolute Gasteiger partial charge is 0.371 e. The van der Waals surface area contributed by atoms with Crippen molar-refractivity contribution in [2.45, 2.75) is 47.2 Å². The summed E-state index contributed by atoms with van der Waals surface area (Å²) in [7, 11) is 0. The molecule has 0 radical (unpaired) electrons. The van der Waals surface area contributed by atoms with E-state index in [1.165, 1.54) is 0 Å². The molecule has 1 rings (SSSR count). The highest BCUT2D eigenvalue weighted by molar-refractivity contribution is 5.54. The molecule has 0 bridgehead atoms. The van der Waals surface area contributed by atoms with Gasteiger partial charge in [0, 0.05) is 36.9 Å². The third-order valence-electron chi connectivity index (χ3n) is 3.09. The standard InChI is InChI=1S/C16H27FN2/c1-6-19(11-12(2)3)16-9-7-8-15(17)14(16)10-18-13(4)5/h7-9,12-13,18H,6,10-11H2,1-5H3. The first-order valence-electron chi connectivity index (χ1n) is 7.21. The molecule has 1 aromatic carbocycles. The fourth-order valence-corrected chi connectivity index (χ4v) is 2.16. The minimum atomic E-state index is -0.118. The van der Waals surface area contributed by atoms with Gasteiger partial charge in [-0.1, -0.05) is 33.8 Å². The van der Waals surface area contributed by atoms with Crippen LogP contribution in [0.25, 0.3) is 0 Å². The average molecular weight is 266 g/mol. The number of rotatable bonds is 7. The van der Waals surface area contributed by atoms with Gasteiger partial charge < -0.3 is 10.2 Å². The molecule has 2 nitrogen and oxygen atoms in total. The zero-order valence-electron chi connectivity index (χ0n) is 12.8. The van der Waals surface area contributed by atoms with Crippen LogP contribution >= 0.6 is 0 Å². The van der Waals surface area contributed by atoms with Crippen molar-refractivity contribution >= 4 is 5.69 Å². The predicted molar refractivity (Wildman–Crippen MR) is 81.1 cm³/mol. The molecule has 19 heavy (non-hydrogen) atoms. The third kappa shape index (κ3) is 4.83. The van der Waals surface area contributed by atoms with Crippen molar-refractivity contribution in [1.29, 1.82) is 0 Å². The molecule has 0 fully saturated rings. The van der Waals surface area contributed by atoms with Crippen LogP contribution < -0.4 is 10.2 Å². The van der Waals surface area contributed by atoms with Crippen LogP contribution in [-0.2, 0) is 6.54 Å². The Bertz CT molecular complexity index is 388. The van der Waals surface area contributed by atoms with Gasteiger partial charge in [0.15, 0.2) is 0 Å². The number of anilines is 1. The van der Waals surface area contributed by atoms with Gasteiger partial charge in [0.1, 0.15) is 5.82 Å². The molecule has 0 heterocycles. The lowest BCUT2D eigenvalue weighted by Crippen LogP contribution is -2.30. The van der Waals surface area contributed by atoms with Crippen LogP contribution in [0.15, 0.2) is 18.2 Å². The normalized spacial score (nSPS) is 11.4. The Hall–Kier alpha value is -1.09. The van der Waals surface area contributed by atoms with Crippen molar-refractivity contribution in [2.24, 2.45) is 5.92 Å². The number of hydrogen-bond acceptors (Lipinski definition) is 2. The van der Waals surface area contributed by atoms with E-state index in [2.05, 4.69) is 44.8 Å². The first-order valence-corrected chi connectivity index (χ1v) is 7.21. The van der Waals surface area contributed by atoms with Gasteiger partial charge in [0.2, 0.25) is 0 Å². The highest BCUT2D eigenvalue weighted by Gasteiger charge is 2.14. The van der Waals surface area contributed by atoms with E-state index < -0.39 is 0 Å².